The fourth-order valence-electron chi connectivity index (χ4n) is 3.11. The minimum Gasteiger partial charge on any atom is -0.338 e. The highest BCUT2D eigenvalue weighted by atomic mass is 32.2. The number of anilines is 1. The van der Waals surface area contributed by atoms with Crippen LogP contribution in [0.25, 0.3) is 11.4 Å². The zero-order valence-electron chi connectivity index (χ0n) is 15.9. The molecule has 2 heterocycles. The Morgan fingerprint density at radius 1 is 1.03 bits per heavy atom. The summed E-state index contributed by atoms with van der Waals surface area (Å²) in [5, 5.41) is 15.4. The van der Waals surface area contributed by atoms with Crippen molar-refractivity contribution in [2.24, 2.45) is 10.2 Å². The molecule has 0 aliphatic carbocycles. The van der Waals surface area contributed by atoms with E-state index in [-0.39, 0.29) is 5.69 Å². The van der Waals surface area contributed by atoms with Crippen LogP contribution in [0.3, 0.4) is 0 Å². The first kappa shape index (κ1) is 20.9. The van der Waals surface area contributed by atoms with Gasteiger partial charge in [-0.15, -0.1) is 10.2 Å². The first-order valence-electron chi connectivity index (χ1n) is 8.63. The van der Waals surface area contributed by atoms with Gasteiger partial charge in [0.25, 0.3) is 20.2 Å². The summed E-state index contributed by atoms with van der Waals surface area (Å²) in [5.74, 6) is 0.421. The monoisotopic (exact) mass is 461 g/mol. The molecular weight excluding hydrogens is 446 g/mol. The molecule has 0 amide bonds. The molecule has 160 valence electrons. The van der Waals surface area contributed by atoms with Crippen LogP contribution in [0.15, 0.2) is 69.1 Å². The maximum atomic E-state index is 11.7. The average Bonchev–Trinajstić information content (AvgIpc) is 3.00. The van der Waals surface area contributed by atoms with Crippen molar-refractivity contribution < 1.29 is 25.9 Å². The molecule has 0 spiro atoms. The first-order chi connectivity index (χ1) is 14.5. The van der Waals surface area contributed by atoms with Crippen molar-refractivity contribution >= 4 is 43.1 Å². The molecule has 0 bridgehead atoms. The molecule has 0 saturated heterocycles. The van der Waals surface area contributed by atoms with Crippen molar-refractivity contribution in [3.8, 4) is 5.69 Å². The standard InChI is InChI=1S/C18H15N5O6S2/c1-10-13-5-3-4-6-15(13)23-18(19-10)17(11(2)22-23)21-20-14-9-12(30(24,25)26)7-8-16(14)31(27,28)29/h3-9,19H,1H2,2H3,(H,24,25,26)(H,27,28,29). The normalized spacial score (nSPS) is 13.7. The second-order valence-electron chi connectivity index (χ2n) is 6.59. The Morgan fingerprint density at radius 2 is 1.74 bits per heavy atom. The Bertz CT molecular complexity index is 1490. The highest BCUT2D eigenvalue weighted by molar-refractivity contribution is 7.86. The van der Waals surface area contributed by atoms with E-state index in [9.17, 15) is 25.9 Å². The molecule has 13 heteroatoms. The number of fused-ring (bicyclic) bond motifs is 3. The van der Waals surface area contributed by atoms with E-state index in [2.05, 4.69) is 27.2 Å². The lowest BCUT2D eigenvalue weighted by Crippen LogP contribution is -2.13. The summed E-state index contributed by atoms with van der Waals surface area (Å²) in [6.45, 7) is 5.63. The molecule has 4 rings (SSSR count). The summed E-state index contributed by atoms with van der Waals surface area (Å²) in [6.07, 6.45) is 0. The lowest BCUT2D eigenvalue weighted by atomic mass is 10.1. The third-order valence-electron chi connectivity index (χ3n) is 4.52. The number of hydrogen-bond acceptors (Lipinski definition) is 8. The molecular formula is C18H15N5O6S2. The Hall–Kier alpha value is -3.39. The minimum absolute atomic E-state index is 0.245. The number of hydrogen-bond donors (Lipinski definition) is 3. The van der Waals surface area contributed by atoms with Gasteiger partial charge in [-0.05, 0) is 31.2 Å². The summed E-state index contributed by atoms with van der Waals surface area (Å²) >= 11 is 0. The quantitative estimate of drug-likeness (QED) is 0.392. The van der Waals surface area contributed by atoms with Crippen molar-refractivity contribution in [2.75, 3.05) is 5.32 Å². The second kappa shape index (κ2) is 7.09. The fraction of sp³-hybridized carbons (Fsp3) is 0.0556. The van der Waals surface area contributed by atoms with Gasteiger partial charge in [-0.1, -0.05) is 24.8 Å². The molecule has 0 radical (unpaired) electrons. The number of nitrogens with zero attached hydrogens (tertiary/aromatic N) is 4. The minimum atomic E-state index is -4.74. The lowest BCUT2D eigenvalue weighted by molar-refractivity contribution is 0.478. The molecule has 0 unspecified atom stereocenters. The van der Waals surface area contributed by atoms with Gasteiger partial charge in [0.1, 0.15) is 10.6 Å². The van der Waals surface area contributed by atoms with Crippen molar-refractivity contribution in [1.82, 2.24) is 9.78 Å². The van der Waals surface area contributed by atoms with Gasteiger partial charge in [-0.25, -0.2) is 4.68 Å². The molecule has 2 aromatic carbocycles. The number of para-hydroxylation sites is 1. The molecule has 1 aliphatic rings. The summed E-state index contributed by atoms with van der Waals surface area (Å²) in [4.78, 5) is -1.28. The molecule has 31 heavy (non-hydrogen) atoms. The number of azo groups is 1. The van der Waals surface area contributed by atoms with E-state index in [1.165, 1.54) is 0 Å². The van der Waals surface area contributed by atoms with E-state index < -0.39 is 35.7 Å². The zero-order valence-corrected chi connectivity index (χ0v) is 17.5. The molecule has 3 N–H and O–H groups in total. The van der Waals surface area contributed by atoms with E-state index in [4.69, 9.17) is 0 Å². The van der Waals surface area contributed by atoms with Crippen molar-refractivity contribution in [3.05, 3.63) is 60.3 Å². The van der Waals surface area contributed by atoms with Crippen molar-refractivity contribution in [2.45, 2.75) is 16.7 Å². The summed E-state index contributed by atoms with van der Waals surface area (Å²) in [6, 6.07) is 9.81. The molecule has 0 saturated carbocycles. The van der Waals surface area contributed by atoms with Gasteiger partial charge in [0.2, 0.25) is 0 Å². The molecule has 1 aliphatic heterocycles. The Morgan fingerprint density at radius 3 is 2.42 bits per heavy atom. The number of aryl methyl sites for hydroxylation is 1. The highest BCUT2D eigenvalue weighted by Gasteiger charge is 2.25. The molecule has 0 atom stereocenters. The van der Waals surface area contributed by atoms with Gasteiger partial charge in [0.05, 0.1) is 16.3 Å². The summed E-state index contributed by atoms with van der Waals surface area (Å²) < 4.78 is 66.4. The largest absolute Gasteiger partial charge is 0.338 e. The average molecular weight is 461 g/mol. The van der Waals surface area contributed by atoms with Crippen LogP contribution in [-0.4, -0.2) is 35.7 Å². The van der Waals surface area contributed by atoms with Crippen LogP contribution >= 0.6 is 0 Å². The number of nitrogens with one attached hydrogen (secondary N) is 1. The molecule has 3 aromatic rings. The molecule has 0 fully saturated rings. The van der Waals surface area contributed by atoms with Gasteiger partial charge in [-0.2, -0.15) is 21.9 Å². The third kappa shape index (κ3) is 3.74. The lowest BCUT2D eigenvalue weighted by Gasteiger charge is -2.21. The maximum absolute atomic E-state index is 11.7. The predicted octanol–water partition coefficient (Wildman–Crippen LogP) is 3.49. The zero-order chi connectivity index (χ0) is 22.6. The first-order valence-corrected chi connectivity index (χ1v) is 11.5. The predicted molar refractivity (Wildman–Crippen MR) is 111 cm³/mol. The van der Waals surface area contributed by atoms with Crippen LogP contribution in [0.1, 0.15) is 11.3 Å². The van der Waals surface area contributed by atoms with Gasteiger partial charge in [0, 0.05) is 11.3 Å². The smallest absolute Gasteiger partial charge is 0.296 e. The highest BCUT2D eigenvalue weighted by Crippen LogP contribution is 2.40. The van der Waals surface area contributed by atoms with Gasteiger partial charge in [0.15, 0.2) is 11.5 Å². The number of rotatable bonds is 4. The van der Waals surface area contributed by atoms with Crippen LogP contribution in [0.4, 0.5) is 17.2 Å². The maximum Gasteiger partial charge on any atom is 0.296 e. The van der Waals surface area contributed by atoms with E-state index in [0.29, 0.717) is 17.2 Å². The van der Waals surface area contributed by atoms with E-state index in [1.54, 1.807) is 11.6 Å². The Kier molecular flexibility index (Phi) is 4.77. The van der Waals surface area contributed by atoms with E-state index in [0.717, 1.165) is 29.4 Å². The third-order valence-corrected chi connectivity index (χ3v) is 6.27. The van der Waals surface area contributed by atoms with E-state index in [1.807, 2.05) is 24.3 Å². The van der Waals surface area contributed by atoms with Crippen molar-refractivity contribution in [3.63, 3.8) is 0 Å². The number of aromatic nitrogens is 2. The van der Waals surface area contributed by atoms with Crippen LogP contribution in [0, 0.1) is 6.92 Å². The van der Waals surface area contributed by atoms with Gasteiger partial charge >= 0.3 is 0 Å². The van der Waals surface area contributed by atoms with Crippen LogP contribution in [-0.2, 0) is 20.2 Å². The Labute approximate surface area is 177 Å². The summed E-state index contributed by atoms with van der Waals surface area (Å²) in [7, 11) is -9.39. The van der Waals surface area contributed by atoms with E-state index >= 15 is 0 Å². The SMILES string of the molecule is C=C1Nc2c(N=Nc3cc(S(=O)(=O)O)ccc3S(=O)(=O)O)c(C)nn2-c2ccccc21. The molecule has 11 nitrogen and oxygen atoms in total. The van der Waals surface area contributed by atoms with Crippen LogP contribution in [0.5, 0.6) is 0 Å². The van der Waals surface area contributed by atoms with Gasteiger partial charge in [-0.3, -0.25) is 9.11 Å². The molecule has 1 aromatic heterocycles. The Balaban J connectivity index is 1.87. The second-order valence-corrected chi connectivity index (χ2v) is 9.41. The van der Waals surface area contributed by atoms with Crippen LogP contribution < -0.4 is 5.32 Å². The van der Waals surface area contributed by atoms with Crippen molar-refractivity contribution in [1.29, 1.82) is 0 Å². The van der Waals surface area contributed by atoms with Crippen LogP contribution in [0.2, 0.25) is 0 Å². The fourth-order valence-corrected chi connectivity index (χ4v) is 4.21. The van der Waals surface area contributed by atoms with Gasteiger partial charge < -0.3 is 5.32 Å². The number of benzene rings is 2. The summed E-state index contributed by atoms with van der Waals surface area (Å²) in [5.41, 5.74) is 2.37. The topological polar surface area (TPSA) is 163 Å².